The maximum atomic E-state index is 6.01. The Morgan fingerprint density at radius 3 is 3.16 bits per heavy atom. The molecule has 1 aliphatic heterocycles. The number of hydrogen-bond acceptors (Lipinski definition) is 4. The van der Waals surface area contributed by atoms with Crippen molar-refractivity contribution in [3.8, 4) is 0 Å². The Hall–Kier alpha value is -1.13. The fraction of sp³-hybridized carbons (Fsp3) is 0.667. The minimum Gasteiger partial charge on any atom is -0.398 e. The van der Waals surface area contributed by atoms with Crippen LogP contribution in [0.15, 0.2) is 18.5 Å². The first-order chi connectivity index (χ1) is 9.29. The van der Waals surface area contributed by atoms with E-state index in [1.54, 1.807) is 6.20 Å². The molecule has 2 rings (SSSR count). The van der Waals surface area contributed by atoms with Crippen molar-refractivity contribution < 1.29 is 4.74 Å². The zero-order valence-electron chi connectivity index (χ0n) is 11.8. The van der Waals surface area contributed by atoms with Crippen LogP contribution in [0.1, 0.15) is 38.2 Å². The highest BCUT2D eigenvalue weighted by Gasteiger charge is 2.21. The zero-order valence-corrected chi connectivity index (χ0v) is 11.8. The number of hydrogen-bond donors (Lipinski definition) is 2. The molecule has 1 saturated heterocycles. The van der Waals surface area contributed by atoms with E-state index < -0.39 is 0 Å². The van der Waals surface area contributed by atoms with Crippen LogP contribution in [0, 0.1) is 0 Å². The van der Waals surface area contributed by atoms with Crippen LogP contribution in [0.25, 0.3) is 0 Å². The molecule has 2 atom stereocenters. The number of anilines is 1. The molecule has 1 aromatic rings. The van der Waals surface area contributed by atoms with E-state index in [0.29, 0.717) is 12.1 Å². The summed E-state index contributed by atoms with van der Waals surface area (Å²) in [5, 5.41) is 3.61. The van der Waals surface area contributed by atoms with Crippen LogP contribution in [0.3, 0.4) is 0 Å². The highest BCUT2D eigenvalue weighted by Crippen LogP contribution is 2.20. The number of nitrogen functional groups attached to an aromatic ring is 1. The molecule has 106 valence electrons. The van der Waals surface area contributed by atoms with Gasteiger partial charge in [-0.25, -0.2) is 0 Å². The van der Waals surface area contributed by atoms with Crippen molar-refractivity contribution in [3.05, 3.63) is 24.0 Å². The first-order valence-corrected chi connectivity index (χ1v) is 7.33. The predicted octanol–water partition coefficient (Wildman–Crippen LogP) is 2.14. The third-order valence-electron chi connectivity index (χ3n) is 3.66. The van der Waals surface area contributed by atoms with E-state index in [-0.39, 0.29) is 0 Å². The van der Waals surface area contributed by atoms with Gasteiger partial charge in [0.05, 0.1) is 6.10 Å². The van der Waals surface area contributed by atoms with Crippen molar-refractivity contribution >= 4 is 5.69 Å². The second kappa shape index (κ2) is 7.46. The Morgan fingerprint density at radius 2 is 2.47 bits per heavy atom. The number of pyridine rings is 1. The topological polar surface area (TPSA) is 60.2 Å². The average Bonchev–Trinajstić information content (AvgIpc) is 2.91. The van der Waals surface area contributed by atoms with Crippen LogP contribution < -0.4 is 11.1 Å². The monoisotopic (exact) mass is 263 g/mol. The number of nitrogens with one attached hydrogen (secondary N) is 1. The number of nitrogens with zero attached hydrogens (tertiary/aromatic N) is 1. The van der Waals surface area contributed by atoms with Gasteiger partial charge in [-0.15, -0.1) is 0 Å². The standard InChI is InChI=1S/C15H25N3O/c1-2-6-18-13(10-14-4-3-8-19-14)9-12-11-17-7-5-15(12)16/h5,7,11,13-14,18H,2-4,6,8-10H2,1H3,(H2,16,17). The molecule has 0 spiro atoms. The Labute approximate surface area is 115 Å². The molecule has 2 heterocycles. The number of ether oxygens (including phenoxy) is 1. The quantitative estimate of drug-likeness (QED) is 0.791. The molecule has 0 bridgehead atoms. The van der Waals surface area contributed by atoms with Crippen molar-refractivity contribution in [2.24, 2.45) is 0 Å². The fourth-order valence-corrected chi connectivity index (χ4v) is 2.61. The maximum Gasteiger partial charge on any atom is 0.0590 e. The molecule has 19 heavy (non-hydrogen) atoms. The van der Waals surface area contributed by atoms with E-state index in [9.17, 15) is 0 Å². The van der Waals surface area contributed by atoms with Crippen molar-refractivity contribution in [2.45, 2.75) is 51.2 Å². The maximum absolute atomic E-state index is 6.01. The van der Waals surface area contributed by atoms with E-state index in [0.717, 1.165) is 43.7 Å². The second-order valence-electron chi connectivity index (χ2n) is 5.30. The minimum atomic E-state index is 0.409. The van der Waals surface area contributed by atoms with Gasteiger partial charge in [0.15, 0.2) is 0 Å². The van der Waals surface area contributed by atoms with Crippen LogP contribution in [-0.2, 0) is 11.2 Å². The van der Waals surface area contributed by atoms with E-state index >= 15 is 0 Å². The third kappa shape index (κ3) is 4.48. The van der Waals surface area contributed by atoms with Gasteiger partial charge in [0.2, 0.25) is 0 Å². The Kier molecular flexibility index (Phi) is 5.61. The molecule has 4 nitrogen and oxygen atoms in total. The third-order valence-corrected chi connectivity index (χ3v) is 3.66. The van der Waals surface area contributed by atoms with E-state index in [1.807, 2.05) is 12.3 Å². The SMILES string of the molecule is CCCNC(Cc1cnccc1N)CC1CCCO1. The van der Waals surface area contributed by atoms with Crippen LogP contribution in [0.2, 0.25) is 0 Å². The lowest BCUT2D eigenvalue weighted by atomic mass is 9.99. The highest BCUT2D eigenvalue weighted by atomic mass is 16.5. The summed E-state index contributed by atoms with van der Waals surface area (Å²) in [5.41, 5.74) is 7.98. The molecular weight excluding hydrogens is 238 g/mol. The lowest BCUT2D eigenvalue weighted by Gasteiger charge is -2.22. The summed E-state index contributed by atoms with van der Waals surface area (Å²) in [6.45, 7) is 4.15. The normalized spacial score (nSPS) is 20.6. The minimum absolute atomic E-state index is 0.409. The van der Waals surface area contributed by atoms with Gasteiger partial charge in [-0.2, -0.15) is 0 Å². The summed E-state index contributed by atoms with van der Waals surface area (Å²) in [7, 11) is 0. The summed E-state index contributed by atoms with van der Waals surface area (Å²) < 4.78 is 5.74. The summed E-state index contributed by atoms with van der Waals surface area (Å²) in [4.78, 5) is 4.17. The van der Waals surface area contributed by atoms with Crippen molar-refractivity contribution in [2.75, 3.05) is 18.9 Å². The van der Waals surface area contributed by atoms with E-state index in [2.05, 4.69) is 17.2 Å². The molecule has 1 aromatic heterocycles. The summed E-state index contributed by atoms with van der Waals surface area (Å²) in [5.74, 6) is 0. The lowest BCUT2D eigenvalue weighted by Crippen LogP contribution is -2.35. The molecule has 1 aliphatic rings. The van der Waals surface area contributed by atoms with Crippen molar-refractivity contribution in [3.63, 3.8) is 0 Å². The van der Waals surface area contributed by atoms with Gasteiger partial charge in [0.25, 0.3) is 0 Å². The average molecular weight is 263 g/mol. The Balaban J connectivity index is 1.94. The molecule has 1 fully saturated rings. The first kappa shape index (κ1) is 14.3. The van der Waals surface area contributed by atoms with Gasteiger partial charge < -0.3 is 15.8 Å². The molecule has 0 radical (unpaired) electrons. The Bertz CT molecular complexity index is 377. The predicted molar refractivity (Wildman–Crippen MR) is 78.0 cm³/mol. The van der Waals surface area contributed by atoms with Crippen molar-refractivity contribution in [1.29, 1.82) is 0 Å². The summed E-state index contributed by atoms with van der Waals surface area (Å²) in [6.07, 6.45) is 9.55. The molecule has 0 aromatic carbocycles. The van der Waals surface area contributed by atoms with Gasteiger partial charge in [-0.1, -0.05) is 6.92 Å². The van der Waals surface area contributed by atoms with Gasteiger partial charge >= 0.3 is 0 Å². The smallest absolute Gasteiger partial charge is 0.0590 e. The summed E-state index contributed by atoms with van der Waals surface area (Å²) >= 11 is 0. The molecule has 3 N–H and O–H groups in total. The van der Waals surface area contributed by atoms with Crippen LogP contribution in [0.4, 0.5) is 5.69 Å². The molecule has 0 saturated carbocycles. The van der Waals surface area contributed by atoms with Crippen LogP contribution in [0.5, 0.6) is 0 Å². The molecular formula is C15H25N3O. The number of rotatable bonds is 7. The first-order valence-electron chi connectivity index (χ1n) is 7.33. The molecule has 0 amide bonds. The van der Waals surface area contributed by atoms with Gasteiger partial charge in [-0.3, -0.25) is 4.98 Å². The van der Waals surface area contributed by atoms with Gasteiger partial charge in [0.1, 0.15) is 0 Å². The van der Waals surface area contributed by atoms with Crippen molar-refractivity contribution in [1.82, 2.24) is 10.3 Å². The van der Waals surface area contributed by atoms with E-state index in [4.69, 9.17) is 10.5 Å². The van der Waals surface area contributed by atoms with Gasteiger partial charge in [-0.05, 0) is 50.3 Å². The molecule has 2 unspecified atom stereocenters. The molecule has 4 heteroatoms. The fourth-order valence-electron chi connectivity index (χ4n) is 2.61. The second-order valence-corrected chi connectivity index (χ2v) is 5.30. The number of nitrogens with two attached hydrogens (primary N) is 1. The summed E-state index contributed by atoms with van der Waals surface area (Å²) in [6, 6.07) is 2.30. The Morgan fingerprint density at radius 1 is 1.58 bits per heavy atom. The van der Waals surface area contributed by atoms with Crippen LogP contribution >= 0.6 is 0 Å². The number of aromatic nitrogens is 1. The van der Waals surface area contributed by atoms with E-state index in [1.165, 1.54) is 12.8 Å². The largest absolute Gasteiger partial charge is 0.398 e. The lowest BCUT2D eigenvalue weighted by molar-refractivity contribution is 0.0946. The highest BCUT2D eigenvalue weighted by molar-refractivity contribution is 5.44. The zero-order chi connectivity index (χ0) is 13.5. The molecule has 0 aliphatic carbocycles. The van der Waals surface area contributed by atoms with Gasteiger partial charge in [0, 0.05) is 30.7 Å². The van der Waals surface area contributed by atoms with Crippen LogP contribution in [-0.4, -0.2) is 30.3 Å².